The molecule has 1 fully saturated rings. The van der Waals surface area contributed by atoms with Crippen molar-refractivity contribution in [3.05, 3.63) is 12.7 Å². The molecule has 0 saturated carbocycles. The van der Waals surface area contributed by atoms with E-state index in [2.05, 4.69) is 11.5 Å². The highest BCUT2D eigenvalue weighted by Gasteiger charge is 2.18. The van der Waals surface area contributed by atoms with Gasteiger partial charge in [0.15, 0.2) is 0 Å². The number of hydrogen-bond acceptors (Lipinski definition) is 2. The monoisotopic (exact) mass is 183 g/mol. The first-order chi connectivity index (χ1) is 6.33. The Morgan fingerprint density at radius 2 is 2.23 bits per heavy atom. The zero-order valence-corrected chi connectivity index (χ0v) is 8.41. The van der Waals surface area contributed by atoms with E-state index in [-0.39, 0.29) is 6.10 Å². The molecule has 1 N–H and O–H groups in total. The number of unbranched alkanes of at least 4 members (excludes halogenated alkanes) is 3. The van der Waals surface area contributed by atoms with Crippen LogP contribution in [0, 0.1) is 0 Å². The number of likely N-dealkylation sites (tertiary alicyclic amines) is 1. The normalized spacial score (nSPS) is 23.6. The minimum Gasteiger partial charge on any atom is -0.392 e. The van der Waals surface area contributed by atoms with E-state index < -0.39 is 0 Å². The summed E-state index contributed by atoms with van der Waals surface area (Å²) in [6, 6.07) is 0. The number of β-amino-alcohol motifs (C(OH)–C–C–N with tert-alkyl or cyclic N) is 1. The molecule has 1 rings (SSSR count). The summed E-state index contributed by atoms with van der Waals surface area (Å²) < 4.78 is 0. The van der Waals surface area contributed by atoms with E-state index in [0.717, 1.165) is 32.5 Å². The smallest absolute Gasteiger partial charge is 0.0679 e. The molecule has 76 valence electrons. The van der Waals surface area contributed by atoms with Crippen LogP contribution in [0.4, 0.5) is 0 Å². The SMILES string of the molecule is C=CCCCCCN1CC[C@H](O)C1. The van der Waals surface area contributed by atoms with E-state index in [9.17, 15) is 5.11 Å². The molecule has 2 heteroatoms. The first-order valence-electron chi connectivity index (χ1n) is 5.34. The van der Waals surface area contributed by atoms with Gasteiger partial charge in [-0.3, -0.25) is 0 Å². The van der Waals surface area contributed by atoms with E-state index >= 15 is 0 Å². The van der Waals surface area contributed by atoms with Crippen molar-refractivity contribution in [3.8, 4) is 0 Å². The zero-order chi connectivity index (χ0) is 9.52. The molecule has 0 aromatic carbocycles. The van der Waals surface area contributed by atoms with Crippen LogP contribution in [0.3, 0.4) is 0 Å². The van der Waals surface area contributed by atoms with E-state index in [4.69, 9.17) is 0 Å². The molecule has 1 atom stereocenters. The molecule has 1 aliphatic heterocycles. The Hall–Kier alpha value is -0.340. The third kappa shape index (κ3) is 4.44. The quantitative estimate of drug-likeness (QED) is 0.501. The molecule has 0 aromatic heterocycles. The molecular weight excluding hydrogens is 162 g/mol. The van der Waals surface area contributed by atoms with Crippen molar-refractivity contribution >= 4 is 0 Å². The van der Waals surface area contributed by atoms with Crippen molar-refractivity contribution in [3.63, 3.8) is 0 Å². The van der Waals surface area contributed by atoms with Crippen LogP contribution in [0.1, 0.15) is 32.1 Å². The summed E-state index contributed by atoms with van der Waals surface area (Å²) in [7, 11) is 0. The maximum absolute atomic E-state index is 9.29. The van der Waals surface area contributed by atoms with Crippen LogP contribution in [0.5, 0.6) is 0 Å². The van der Waals surface area contributed by atoms with Gasteiger partial charge in [-0.05, 0) is 32.2 Å². The summed E-state index contributed by atoms with van der Waals surface area (Å²) in [5.74, 6) is 0. The molecule has 0 aliphatic carbocycles. The van der Waals surface area contributed by atoms with Crippen molar-refractivity contribution in [1.29, 1.82) is 0 Å². The fourth-order valence-corrected chi connectivity index (χ4v) is 1.82. The number of aliphatic hydroxyl groups excluding tert-OH is 1. The lowest BCUT2D eigenvalue weighted by Crippen LogP contribution is -2.23. The van der Waals surface area contributed by atoms with Gasteiger partial charge in [-0.25, -0.2) is 0 Å². The minimum absolute atomic E-state index is 0.0619. The van der Waals surface area contributed by atoms with Gasteiger partial charge < -0.3 is 10.0 Å². The summed E-state index contributed by atoms with van der Waals surface area (Å²) >= 11 is 0. The molecule has 1 heterocycles. The van der Waals surface area contributed by atoms with Crippen LogP contribution >= 0.6 is 0 Å². The Labute approximate surface area is 81.2 Å². The van der Waals surface area contributed by atoms with Gasteiger partial charge in [0.25, 0.3) is 0 Å². The van der Waals surface area contributed by atoms with Gasteiger partial charge in [-0.2, -0.15) is 0 Å². The molecule has 2 nitrogen and oxygen atoms in total. The molecule has 0 bridgehead atoms. The maximum Gasteiger partial charge on any atom is 0.0679 e. The van der Waals surface area contributed by atoms with Crippen LogP contribution in [0.2, 0.25) is 0 Å². The molecule has 13 heavy (non-hydrogen) atoms. The lowest BCUT2D eigenvalue weighted by molar-refractivity contribution is 0.175. The highest BCUT2D eigenvalue weighted by Crippen LogP contribution is 2.10. The Bertz CT molecular complexity index is 147. The predicted molar refractivity (Wildman–Crippen MR) is 55.7 cm³/mol. The lowest BCUT2D eigenvalue weighted by Gasteiger charge is -2.13. The van der Waals surface area contributed by atoms with Gasteiger partial charge in [0.1, 0.15) is 0 Å². The largest absolute Gasteiger partial charge is 0.392 e. The van der Waals surface area contributed by atoms with Gasteiger partial charge >= 0.3 is 0 Å². The molecule has 0 spiro atoms. The van der Waals surface area contributed by atoms with Crippen LogP contribution in [-0.2, 0) is 0 Å². The predicted octanol–water partition coefficient (Wildman–Crippen LogP) is 1.80. The third-order valence-corrected chi connectivity index (χ3v) is 2.63. The van der Waals surface area contributed by atoms with Crippen LogP contribution in [0.15, 0.2) is 12.7 Å². The second kappa shape index (κ2) is 6.17. The first-order valence-corrected chi connectivity index (χ1v) is 5.34. The van der Waals surface area contributed by atoms with Crippen molar-refractivity contribution in [2.75, 3.05) is 19.6 Å². The number of aliphatic hydroxyl groups is 1. The van der Waals surface area contributed by atoms with E-state index in [1.807, 2.05) is 6.08 Å². The average Bonchev–Trinajstić information content (AvgIpc) is 2.51. The fourth-order valence-electron chi connectivity index (χ4n) is 1.82. The molecule has 1 aliphatic rings. The van der Waals surface area contributed by atoms with Gasteiger partial charge in [-0.1, -0.05) is 12.5 Å². The van der Waals surface area contributed by atoms with Gasteiger partial charge in [0.2, 0.25) is 0 Å². The van der Waals surface area contributed by atoms with E-state index in [1.165, 1.54) is 19.3 Å². The molecule has 0 amide bonds. The first kappa shape index (κ1) is 10.7. The van der Waals surface area contributed by atoms with Gasteiger partial charge in [0.05, 0.1) is 6.10 Å². The van der Waals surface area contributed by atoms with Crippen molar-refractivity contribution in [2.24, 2.45) is 0 Å². The summed E-state index contributed by atoms with van der Waals surface area (Å²) in [6.45, 7) is 6.84. The summed E-state index contributed by atoms with van der Waals surface area (Å²) in [6.07, 6.45) is 7.85. The van der Waals surface area contributed by atoms with Gasteiger partial charge in [0, 0.05) is 13.1 Å². The number of hydrogen-bond donors (Lipinski definition) is 1. The number of allylic oxidation sites excluding steroid dienone is 1. The maximum atomic E-state index is 9.29. The number of nitrogens with zero attached hydrogens (tertiary/aromatic N) is 1. The molecule has 0 aromatic rings. The molecule has 0 unspecified atom stereocenters. The van der Waals surface area contributed by atoms with Crippen molar-refractivity contribution < 1.29 is 5.11 Å². The Balaban J connectivity index is 1.91. The summed E-state index contributed by atoms with van der Waals surface area (Å²) in [5.41, 5.74) is 0. The Morgan fingerprint density at radius 1 is 1.38 bits per heavy atom. The van der Waals surface area contributed by atoms with Crippen LogP contribution in [0.25, 0.3) is 0 Å². The molecule has 1 saturated heterocycles. The average molecular weight is 183 g/mol. The number of rotatable bonds is 6. The highest BCUT2D eigenvalue weighted by molar-refractivity contribution is 4.74. The topological polar surface area (TPSA) is 23.5 Å². The Kier molecular flexibility index (Phi) is 5.09. The van der Waals surface area contributed by atoms with Crippen LogP contribution in [-0.4, -0.2) is 35.7 Å². The molecular formula is C11H21NO. The van der Waals surface area contributed by atoms with Gasteiger partial charge in [-0.15, -0.1) is 6.58 Å². The minimum atomic E-state index is -0.0619. The van der Waals surface area contributed by atoms with Crippen molar-refractivity contribution in [1.82, 2.24) is 4.90 Å². The standard InChI is InChI=1S/C11H21NO/c1-2-3-4-5-6-8-12-9-7-11(13)10-12/h2,11,13H,1,3-10H2/t11-/m0/s1. The Morgan fingerprint density at radius 3 is 2.85 bits per heavy atom. The second-order valence-corrected chi connectivity index (χ2v) is 3.88. The van der Waals surface area contributed by atoms with Crippen LogP contribution < -0.4 is 0 Å². The fraction of sp³-hybridized carbons (Fsp3) is 0.818. The summed E-state index contributed by atoms with van der Waals surface area (Å²) in [5, 5.41) is 9.29. The van der Waals surface area contributed by atoms with E-state index in [0.29, 0.717) is 0 Å². The van der Waals surface area contributed by atoms with E-state index in [1.54, 1.807) is 0 Å². The zero-order valence-electron chi connectivity index (χ0n) is 8.41. The molecule has 0 radical (unpaired) electrons. The third-order valence-electron chi connectivity index (χ3n) is 2.63. The second-order valence-electron chi connectivity index (χ2n) is 3.88. The summed E-state index contributed by atoms with van der Waals surface area (Å²) in [4.78, 5) is 2.36. The highest BCUT2D eigenvalue weighted by atomic mass is 16.3. The lowest BCUT2D eigenvalue weighted by atomic mass is 10.2. The van der Waals surface area contributed by atoms with Crippen molar-refractivity contribution in [2.45, 2.75) is 38.2 Å².